The molecule has 0 aliphatic rings. The van der Waals surface area contributed by atoms with Crippen LogP contribution in [0.15, 0.2) is 18.2 Å². The predicted octanol–water partition coefficient (Wildman–Crippen LogP) is 2.06. The summed E-state index contributed by atoms with van der Waals surface area (Å²) < 4.78 is 18.6. The van der Waals surface area contributed by atoms with Crippen LogP contribution in [0.3, 0.4) is 0 Å². The number of carboxylic acid groups (broad SMARTS) is 1. The Morgan fingerprint density at radius 2 is 2.10 bits per heavy atom. The molecule has 0 saturated heterocycles. The van der Waals surface area contributed by atoms with Crippen LogP contribution in [-0.2, 0) is 4.79 Å². The second kappa shape index (κ2) is 6.36. The first-order valence-corrected chi connectivity index (χ1v) is 6.19. The largest absolute Gasteiger partial charge is 0.496 e. The Bertz CT molecular complexity index is 518. The van der Waals surface area contributed by atoms with E-state index in [1.54, 1.807) is 6.92 Å². The van der Waals surface area contributed by atoms with Crippen LogP contribution < -0.4 is 10.1 Å². The molecule has 0 bridgehead atoms. The SMILES string of the molecule is CCC(C)(CNC(=O)c1c(F)cccc1OC)C(=O)O. The molecule has 1 unspecified atom stereocenters. The lowest BCUT2D eigenvalue weighted by molar-refractivity contribution is -0.147. The van der Waals surface area contributed by atoms with Crippen LogP contribution in [-0.4, -0.2) is 30.6 Å². The molecule has 0 saturated carbocycles. The number of hydrogen-bond donors (Lipinski definition) is 2. The van der Waals surface area contributed by atoms with Gasteiger partial charge in [0.2, 0.25) is 0 Å². The van der Waals surface area contributed by atoms with Gasteiger partial charge in [0.15, 0.2) is 0 Å². The van der Waals surface area contributed by atoms with Crippen molar-refractivity contribution in [2.45, 2.75) is 20.3 Å². The molecule has 20 heavy (non-hydrogen) atoms. The van der Waals surface area contributed by atoms with E-state index in [0.717, 1.165) is 6.07 Å². The first-order valence-electron chi connectivity index (χ1n) is 6.19. The molecule has 110 valence electrons. The van der Waals surface area contributed by atoms with Crippen LogP contribution in [0.25, 0.3) is 0 Å². The van der Waals surface area contributed by atoms with Crippen molar-refractivity contribution < 1.29 is 23.8 Å². The van der Waals surface area contributed by atoms with E-state index in [4.69, 9.17) is 9.84 Å². The normalized spacial score (nSPS) is 13.4. The zero-order valence-electron chi connectivity index (χ0n) is 11.7. The van der Waals surface area contributed by atoms with Crippen molar-refractivity contribution in [3.63, 3.8) is 0 Å². The van der Waals surface area contributed by atoms with Crippen LogP contribution in [0, 0.1) is 11.2 Å². The molecule has 6 heteroatoms. The third-order valence-electron chi connectivity index (χ3n) is 3.36. The zero-order valence-corrected chi connectivity index (χ0v) is 11.7. The van der Waals surface area contributed by atoms with Gasteiger partial charge < -0.3 is 15.2 Å². The minimum Gasteiger partial charge on any atom is -0.496 e. The summed E-state index contributed by atoms with van der Waals surface area (Å²) in [6.07, 6.45) is 0.344. The average molecular weight is 283 g/mol. The summed E-state index contributed by atoms with van der Waals surface area (Å²) in [6.45, 7) is 3.15. The monoisotopic (exact) mass is 283 g/mol. The molecule has 0 aliphatic heterocycles. The molecule has 5 nitrogen and oxygen atoms in total. The van der Waals surface area contributed by atoms with Crippen molar-refractivity contribution in [1.29, 1.82) is 0 Å². The Hall–Kier alpha value is -2.11. The molecule has 0 spiro atoms. The van der Waals surface area contributed by atoms with E-state index in [1.165, 1.54) is 26.2 Å². The summed E-state index contributed by atoms with van der Waals surface area (Å²) in [4.78, 5) is 23.1. The molecule has 2 N–H and O–H groups in total. The predicted molar refractivity (Wildman–Crippen MR) is 71.3 cm³/mol. The minimum atomic E-state index is -1.09. The van der Waals surface area contributed by atoms with E-state index >= 15 is 0 Å². The molecule has 1 atom stereocenters. The fourth-order valence-electron chi connectivity index (χ4n) is 1.61. The Balaban J connectivity index is 2.90. The van der Waals surface area contributed by atoms with Gasteiger partial charge in [-0.25, -0.2) is 4.39 Å². The number of carbonyl (C=O) groups is 2. The number of ether oxygens (including phenoxy) is 1. The molecule has 1 amide bonds. The average Bonchev–Trinajstić information content (AvgIpc) is 2.43. The molecule has 1 rings (SSSR count). The molecule has 0 aliphatic carbocycles. The van der Waals surface area contributed by atoms with Gasteiger partial charge in [-0.05, 0) is 25.5 Å². The lowest BCUT2D eigenvalue weighted by Gasteiger charge is -2.23. The Morgan fingerprint density at radius 3 is 2.60 bits per heavy atom. The maximum atomic E-state index is 13.7. The summed E-state index contributed by atoms with van der Waals surface area (Å²) in [5.41, 5.74) is -1.31. The van der Waals surface area contributed by atoms with E-state index in [-0.39, 0.29) is 17.9 Å². The van der Waals surface area contributed by atoms with Crippen LogP contribution in [0.2, 0.25) is 0 Å². The number of halogens is 1. The van der Waals surface area contributed by atoms with Gasteiger partial charge in [0, 0.05) is 6.54 Å². The van der Waals surface area contributed by atoms with Gasteiger partial charge in [0.1, 0.15) is 17.1 Å². The molecule has 0 aromatic heterocycles. The number of hydrogen-bond acceptors (Lipinski definition) is 3. The van der Waals surface area contributed by atoms with E-state index in [2.05, 4.69) is 5.32 Å². The number of carboxylic acids is 1. The number of rotatable bonds is 6. The smallest absolute Gasteiger partial charge is 0.311 e. The van der Waals surface area contributed by atoms with Gasteiger partial charge in [0.25, 0.3) is 5.91 Å². The molecule has 0 heterocycles. The fourth-order valence-corrected chi connectivity index (χ4v) is 1.61. The molecular formula is C14H18FNO4. The molecule has 0 radical (unpaired) electrons. The van der Waals surface area contributed by atoms with Crippen LogP contribution >= 0.6 is 0 Å². The number of amides is 1. The standard InChI is InChI=1S/C14H18FNO4/c1-4-14(2,13(18)19)8-16-12(17)11-9(15)6-5-7-10(11)20-3/h5-7H,4,8H2,1-3H3,(H,16,17)(H,18,19). The summed E-state index contributed by atoms with van der Waals surface area (Å²) in [5, 5.41) is 11.6. The first-order chi connectivity index (χ1) is 9.35. The van der Waals surface area contributed by atoms with Gasteiger partial charge in [-0.1, -0.05) is 13.0 Å². The van der Waals surface area contributed by atoms with Crippen molar-refractivity contribution >= 4 is 11.9 Å². The summed E-state index contributed by atoms with van der Waals surface area (Å²) in [6, 6.07) is 4.04. The second-order valence-electron chi connectivity index (χ2n) is 4.72. The van der Waals surface area contributed by atoms with Crippen LogP contribution in [0.1, 0.15) is 30.6 Å². The number of nitrogens with one attached hydrogen (secondary N) is 1. The van der Waals surface area contributed by atoms with E-state index in [0.29, 0.717) is 6.42 Å². The zero-order chi connectivity index (χ0) is 15.3. The highest BCUT2D eigenvalue weighted by Crippen LogP contribution is 2.23. The number of benzene rings is 1. The van der Waals surface area contributed by atoms with Crippen molar-refractivity contribution in [2.24, 2.45) is 5.41 Å². The Kier molecular flexibility index (Phi) is 5.07. The third-order valence-corrected chi connectivity index (χ3v) is 3.36. The lowest BCUT2D eigenvalue weighted by atomic mass is 9.87. The Morgan fingerprint density at radius 1 is 1.45 bits per heavy atom. The fraction of sp³-hybridized carbons (Fsp3) is 0.429. The van der Waals surface area contributed by atoms with Crippen LogP contribution in [0.4, 0.5) is 4.39 Å². The summed E-state index contributed by atoms with van der Waals surface area (Å²) in [7, 11) is 1.33. The quantitative estimate of drug-likeness (QED) is 0.838. The highest BCUT2D eigenvalue weighted by molar-refractivity contribution is 5.97. The van der Waals surface area contributed by atoms with Gasteiger partial charge in [-0.2, -0.15) is 0 Å². The third kappa shape index (κ3) is 3.26. The highest BCUT2D eigenvalue weighted by Gasteiger charge is 2.32. The van der Waals surface area contributed by atoms with E-state index in [1.807, 2.05) is 0 Å². The van der Waals surface area contributed by atoms with Gasteiger partial charge in [-0.15, -0.1) is 0 Å². The maximum absolute atomic E-state index is 13.7. The number of methoxy groups -OCH3 is 1. The molecule has 1 aromatic rings. The first kappa shape index (κ1) is 15.9. The molecule has 0 fully saturated rings. The second-order valence-corrected chi connectivity index (χ2v) is 4.72. The summed E-state index contributed by atoms with van der Waals surface area (Å²) >= 11 is 0. The Labute approximate surface area is 116 Å². The molecule has 1 aromatic carbocycles. The molecular weight excluding hydrogens is 265 g/mol. The minimum absolute atomic E-state index is 0.0881. The van der Waals surface area contributed by atoms with E-state index in [9.17, 15) is 14.0 Å². The van der Waals surface area contributed by atoms with Crippen molar-refractivity contribution in [1.82, 2.24) is 5.32 Å². The topological polar surface area (TPSA) is 75.6 Å². The van der Waals surface area contributed by atoms with E-state index < -0.39 is 23.1 Å². The van der Waals surface area contributed by atoms with Crippen molar-refractivity contribution in [3.05, 3.63) is 29.6 Å². The number of carbonyl (C=O) groups excluding carboxylic acids is 1. The van der Waals surface area contributed by atoms with Crippen molar-refractivity contribution in [3.8, 4) is 5.75 Å². The number of aliphatic carboxylic acids is 1. The summed E-state index contributed by atoms with van der Waals surface area (Å²) in [5.74, 6) is -2.31. The van der Waals surface area contributed by atoms with Gasteiger partial charge in [0.05, 0.1) is 12.5 Å². The van der Waals surface area contributed by atoms with Gasteiger partial charge in [-0.3, -0.25) is 9.59 Å². The van der Waals surface area contributed by atoms with Crippen LogP contribution in [0.5, 0.6) is 5.75 Å². The van der Waals surface area contributed by atoms with Crippen molar-refractivity contribution in [2.75, 3.05) is 13.7 Å². The lowest BCUT2D eigenvalue weighted by Crippen LogP contribution is -2.40. The highest BCUT2D eigenvalue weighted by atomic mass is 19.1. The van der Waals surface area contributed by atoms with Gasteiger partial charge >= 0.3 is 5.97 Å². The maximum Gasteiger partial charge on any atom is 0.311 e.